The first-order valence-corrected chi connectivity index (χ1v) is 6.95. The smallest absolute Gasteiger partial charge is 0.0693 e. The average molecular weight is 223 g/mol. The van der Waals surface area contributed by atoms with E-state index < -0.39 is 0 Å². The third-order valence-corrected chi connectivity index (χ3v) is 3.97. The summed E-state index contributed by atoms with van der Waals surface area (Å²) in [7, 11) is 0. The van der Waals surface area contributed by atoms with Crippen LogP contribution in [0.3, 0.4) is 0 Å². The van der Waals surface area contributed by atoms with Gasteiger partial charge >= 0.3 is 0 Å². The molecule has 16 heavy (non-hydrogen) atoms. The molecule has 2 aliphatic carbocycles. The molecule has 0 saturated heterocycles. The van der Waals surface area contributed by atoms with Crippen LogP contribution in [0.5, 0.6) is 0 Å². The van der Waals surface area contributed by atoms with Gasteiger partial charge in [-0.25, -0.2) is 0 Å². The molecule has 0 aromatic heterocycles. The van der Waals surface area contributed by atoms with E-state index in [1.807, 2.05) is 0 Å². The van der Waals surface area contributed by atoms with Crippen molar-refractivity contribution < 1.29 is 5.11 Å². The van der Waals surface area contributed by atoms with Gasteiger partial charge in [0.25, 0.3) is 0 Å². The van der Waals surface area contributed by atoms with Gasteiger partial charge in [0.05, 0.1) is 6.10 Å². The van der Waals surface area contributed by atoms with Crippen molar-refractivity contribution in [3.63, 3.8) is 0 Å². The lowest BCUT2D eigenvalue weighted by Crippen LogP contribution is -2.42. The first-order chi connectivity index (χ1) is 7.86. The fraction of sp³-hybridized carbons (Fsp3) is 0.857. The van der Waals surface area contributed by atoms with Gasteiger partial charge in [-0.05, 0) is 51.5 Å². The molecule has 2 atom stereocenters. The Balaban J connectivity index is 1.64. The van der Waals surface area contributed by atoms with Gasteiger partial charge in [0.15, 0.2) is 0 Å². The van der Waals surface area contributed by atoms with Crippen LogP contribution < -0.4 is 5.32 Å². The highest BCUT2D eigenvalue weighted by atomic mass is 16.3. The van der Waals surface area contributed by atoms with Crippen LogP contribution in [0.15, 0.2) is 11.6 Å². The molecule has 2 rings (SSSR count). The van der Waals surface area contributed by atoms with E-state index >= 15 is 0 Å². The first kappa shape index (κ1) is 12.1. The Morgan fingerprint density at radius 2 is 2.06 bits per heavy atom. The summed E-state index contributed by atoms with van der Waals surface area (Å²) in [6.07, 6.45) is 13.4. The van der Waals surface area contributed by atoms with Crippen molar-refractivity contribution in [1.82, 2.24) is 5.32 Å². The maximum absolute atomic E-state index is 9.83. The molecule has 0 spiro atoms. The Morgan fingerprint density at radius 1 is 1.19 bits per heavy atom. The van der Waals surface area contributed by atoms with Crippen LogP contribution >= 0.6 is 0 Å². The lowest BCUT2D eigenvalue weighted by Gasteiger charge is -2.28. The predicted octanol–water partition coefficient (Wildman–Crippen LogP) is 2.77. The van der Waals surface area contributed by atoms with E-state index in [4.69, 9.17) is 0 Å². The van der Waals surface area contributed by atoms with E-state index in [1.165, 1.54) is 44.9 Å². The van der Waals surface area contributed by atoms with Crippen LogP contribution in [0.25, 0.3) is 0 Å². The van der Waals surface area contributed by atoms with Gasteiger partial charge in [-0.2, -0.15) is 0 Å². The molecule has 1 fully saturated rings. The summed E-state index contributed by atoms with van der Waals surface area (Å²) in [5.74, 6) is 0. The molecule has 2 nitrogen and oxygen atoms in total. The van der Waals surface area contributed by atoms with E-state index in [1.54, 1.807) is 5.57 Å². The zero-order valence-corrected chi connectivity index (χ0v) is 10.3. The Bertz CT molecular complexity index is 237. The number of allylic oxidation sites excluding steroid dienone is 1. The molecular weight excluding hydrogens is 198 g/mol. The highest BCUT2D eigenvalue weighted by Crippen LogP contribution is 2.21. The van der Waals surface area contributed by atoms with Gasteiger partial charge in [-0.3, -0.25) is 0 Å². The van der Waals surface area contributed by atoms with Gasteiger partial charge in [0.2, 0.25) is 0 Å². The normalized spacial score (nSPS) is 31.2. The van der Waals surface area contributed by atoms with Gasteiger partial charge in [-0.15, -0.1) is 0 Å². The molecule has 0 aliphatic heterocycles. The van der Waals surface area contributed by atoms with Gasteiger partial charge in [0, 0.05) is 6.04 Å². The Kier molecular flexibility index (Phi) is 4.86. The van der Waals surface area contributed by atoms with Crippen LogP contribution in [0.2, 0.25) is 0 Å². The molecule has 2 aliphatic rings. The number of aliphatic hydroxyl groups excluding tert-OH is 1. The quantitative estimate of drug-likeness (QED) is 0.718. The summed E-state index contributed by atoms with van der Waals surface area (Å²) in [6, 6.07) is 0.359. The van der Waals surface area contributed by atoms with Gasteiger partial charge < -0.3 is 10.4 Å². The Morgan fingerprint density at radius 3 is 2.81 bits per heavy atom. The van der Waals surface area contributed by atoms with Crippen LogP contribution in [0, 0.1) is 0 Å². The number of nitrogens with one attached hydrogen (secondary N) is 1. The second-order valence-electron chi connectivity index (χ2n) is 5.27. The molecule has 2 N–H and O–H groups in total. The molecule has 92 valence electrons. The molecule has 0 bridgehead atoms. The summed E-state index contributed by atoms with van der Waals surface area (Å²) in [5, 5.41) is 13.4. The SMILES string of the molecule is OC1CCCCC1NCCC1=CCCCC1. The average Bonchev–Trinajstić information content (AvgIpc) is 2.33. The fourth-order valence-electron chi connectivity index (χ4n) is 2.90. The zero-order valence-electron chi connectivity index (χ0n) is 10.3. The third-order valence-electron chi connectivity index (χ3n) is 3.97. The second-order valence-corrected chi connectivity index (χ2v) is 5.27. The number of hydrogen-bond donors (Lipinski definition) is 2. The molecule has 0 aromatic carbocycles. The Labute approximate surface area is 99.1 Å². The highest BCUT2D eigenvalue weighted by Gasteiger charge is 2.21. The van der Waals surface area contributed by atoms with Crippen molar-refractivity contribution >= 4 is 0 Å². The van der Waals surface area contributed by atoms with Crippen molar-refractivity contribution in [3.8, 4) is 0 Å². The van der Waals surface area contributed by atoms with E-state index in [2.05, 4.69) is 11.4 Å². The molecule has 1 saturated carbocycles. The molecule has 0 aromatic rings. The van der Waals surface area contributed by atoms with E-state index in [0.717, 1.165) is 19.4 Å². The molecule has 2 heteroatoms. The summed E-state index contributed by atoms with van der Waals surface area (Å²) < 4.78 is 0. The minimum atomic E-state index is -0.103. The van der Waals surface area contributed by atoms with Crippen molar-refractivity contribution in [3.05, 3.63) is 11.6 Å². The topological polar surface area (TPSA) is 32.3 Å². The summed E-state index contributed by atoms with van der Waals surface area (Å²) in [5.41, 5.74) is 1.63. The summed E-state index contributed by atoms with van der Waals surface area (Å²) in [6.45, 7) is 1.05. The van der Waals surface area contributed by atoms with Crippen LogP contribution in [0.1, 0.15) is 57.8 Å². The Hall–Kier alpha value is -0.340. The minimum Gasteiger partial charge on any atom is -0.392 e. The van der Waals surface area contributed by atoms with Crippen molar-refractivity contribution in [2.24, 2.45) is 0 Å². The summed E-state index contributed by atoms with van der Waals surface area (Å²) >= 11 is 0. The lowest BCUT2D eigenvalue weighted by atomic mass is 9.92. The standard InChI is InChI=1S/C14H25NO/c16-14-9-5-4-8-13(14)15-11-10-12-6-2-1-3-7-12/h6,13-16H,1-5,7-11H2. The van der Waals surface area contributed by atoms with Crippen molar-refractivity contribution in [2.75, 3.05) is 6.54 Å². The van der Waals surface area contributed by atoms with Crippen LogP contribution in [0.4, 0.5) is 0 Å². The molecule has 2 unspecified atom stereocenters. The number of aliphatic hydroxyl groups is 1. The maximum Gasteiger partial charge on any atom is 0.0693 e. The largest absolute Gasteiger partial charge is 0.392 e. The highest BCUT2D eigenvalue weighted by molar-refractivity contribution is 5.05. The molecule has 0 heterocycles. The fourth-order valence-corrected chi connectivity index (χ4v) is 2.90. The first-order valence-electron chi connectivity index (χ1n) is 6.95. The van der Waals surface area contributed by atoms with Gasteiger partial charge in [0.1, 0.15) is 0 Å². The van der Waals surface area contributed by atoms with Crippen LogP contribution in [-0.4, -0.2) is 23.8 Å². The zero-order chi connectivity index (χ0) is 11.2. The second kappa shape index (κ2) is 6.41. The van der Waals surface area contributed by atoms with E-state index in [9.17, 15) is 5.11 Å². The molecule has 0 radical (unpaired) electrons. The van der Waals surface area contributed by atoms with Crippen LogP contribution in [-0.2, 0) is 0 Å². The molecular formula is C14H25NO. The van der Waals surface area contributed by atoms with Crippen molar-refractivity contribution in [2.45, 2.75) is 69.9 Å². The minimum absolute atomic E-state index is 0.103. The number of rotatable bonds is 4. The number of hydrogen-bond acceptors (Lipinski definition) is 2. The van der Waals surface area contributed by atoms with Crippen molar-refractivity contribution in [1.29, 1.82) is 0 Å². The lowest BCUT2D eigenvalue weighted by molar-refractivity contribution is 0.0913. The van der Waals surface area contributed by atoms with E-state index in [0.29, 0.717) is 6.04 Å². The maximum atomic E-state index is 9.83. The monoisotopic (exact) mass is 223 g/mol. The predicted molar refractivity (Wildman–Crippen MR) is 67.4 cm³/mol. The third kappa shape index (κ3) is 3.60. The van der Waals surface area contributed by atoms with Gasteiger partial charge in [-0.1, -0.05) is 24.5 Å². The summed E-state index contributed by atoms with van der Waals surface area (Å²) in [4.78, 5) is 0. The van der Waals surface area contributed by atoms with E-state index in [-0.39, 0.29) is 6.10 Å². The molecule has 0 amide bonds.